The van der Waals surface area contributed by atoms with Crippen LogP contribution in [0.3, 0.4) is 0 Å². The second-order valence-corrected chi connectivity index (χ2v) is 5.28. The van der Waals surface area contributed by atoms with Crippen molar-refractivity contribution in [2.24, 2.45) is 5.92 Å². The molecule has 2 heterocycles. The number of nitrogens with one attached hydrogen (secondary N) is 2. The summed E-state index contributed by atoms with van der Waals surface area (Å²) in [5.41, 5.74) is 1.11. The fourth-order valence-corrected chi connectivity index (χ4v) is 2.42. The van der Waals surface area contributed by atoms with Crippen LogP contribution in [-0.2, 0) is 11.2 Å². The van der Waals surface area contributed by atoms with E-state index in [0.29, 0.717) is 5.92 Å². The van der Waals surface area contributed by atoms with Gasteiger partial charge >= 0.3 is 0 Å². The Bertz CT molecular complexity index is 430. The van der Waals surface area contributed by atoms with E-state index in [4.69, 9.17) is 4.74 Å². The van der Waals surface area contributed by atoms with Crippen LogP contribution in [0.5, 0.6) is 0 Å². The number of hydrogen-bond donors (Lipinski definition) is 2. The minimum Gasteiger partial charge on any atom is -0.381 e. The van der Waals surface area contributed by atoms with E-state index in [1.54, 1.807) is 0 Å². The lowest BCUT2D eigenvalue weighted by molar-refractivity contribution is 0.0699. The van der Waals surface area contributed by atoms with Gasteiger partial charge in [0.1, 0.15) is 17.5 Å². The number of rotatable bonds is 6. The third-order valence-electron chi connectivity index (χ3n) is 3.75. The molecule has 1 saturated heterocycles. The van der Waals surface area contributed by atoms with Crippen LogP contribution in [-0.4, -0.2) is 36.3 Å². The molecule has 5 heteroatoms. The monoisotopic (exact) mass is 278 g/mol. The summed E-state index contributed by atoms with van der Waals surface area (Å²) >= 11 is 0. The van der Waals surface area contributed by atoms with Crippen LogP contribution in [0.4, 0.5) is 11.6 Å². The van der Waals surface area contributed by atoms with Gasteiger partial charge in [0.05, 0.1) is 0 Å². The zero-order valence-electron chi connectivity index (χ0n) is 12.8. The largest absolute Gasteiger partial charge is 0.381 e. The third kappa shape index (κ3) is 3.82. The molecule has 2 N–H and O–H groups in total. The molecule has 0 bridgehead atoms. The fraction of sp³-hybridized carbons (Fsp3) is 0.733. The maximum Gasteiger partial charge on any atom is 0.134 e. The van der Waals surface area contributed by atoms with E-state index in [-0.39, 0.29) is 0 Å². The molecule has 2 rings (SSSR count). The highest BCUT2D eigenvalue weighted by molar-refractivity contribution is 5.57. The van der Waals surface area contributed by atoms with Crippen molar-refractivity contribution in [3.63, 3.8) is 0 Å². The molecule has 1 aromatic heterocycles. The van der Waals surface area contributed by atoms with Crippen LogP contribution in [0.1, 0.15) is 38.1 Å². The average Bonchev–Trinajstić information content (AvgIpc) is 2.49. The number of ether oxygens (including phenoxy) is 1. The van der Waals surface area contributed by atoms with Crippen LogP contribution < -0.4 is 10.6 Å². The van der Waals surface area contributed by atoms with E-state index in [9.17, 15) is 0 Å². The highest BCUT2D eigenvalue weighted by atomic mass is 16.5. The van der Waals surface area contributed by atoms with E-state index in [1.165, 1.54) is 0 Å². The summed E-state index contributed by atoms with van der Waals surface area (Å²) in [4.78, 5) is 9.18. The van der Waals surface area contributed by atoms with Crippen molar-refractivity contribution in [1.82, 2.24) is 9.97 Å². The van der Waals surface area contributed by atoms with Crippen molar-refractivity contribution < 1.29 is 4.74 Å². The summed E-state index contributed by atoms with van der Waals surface area (Å²) < 4.78 is 5.40. The molecular formula is C15H26N4O. The van der Waals surface area contributed by atoms with Crippen LogP contribution in [0, 0.1) is 12.8 Å². The van der Waals surface area contributed by atoms with E-state index < -0.39 is 0 Å². The molecule has 1 aromatic rings. The molecule has 1 aliphatic rings. The highest BCUT2D eigenvalue weighted by Gasteiger charge is 2.15. The molecule has 0 radical (unpaired) electrons. The molecule has 0 aromatic carbocycles. The normalized spacial score (nSPS) is 16.1. The molecule has 0 amide bonds. The quantitative estimate of drug-likeness (QED) is 0.837. The van der Waals surface area contributed by atoms with Crippen molar-refractivity contribution in [1.29, 1.82) is 0 Å². The van der Waals surface area contributed by atoms with E-state index in [2.05, 4.69) is 41.4 Å². The molecule has 0 unspecified atom stereocenters. The van der Waals surface area contributed by atoms with Gasteiger partial charge in [-0.25, -0.2) is 9.97 Å². The molecule has 0 atom stereocenters. The number of aryl methyl sites for hydroxylation is 1. The lowest BCUT2D eigenvalue weighted by atomic mass is 10.0. The third-order valence-corrected chi connectivity index (χ3v) is 3.75. The number of nitrogens with zero attached hydrogens (tertiary/aromatic N) is 2. The van der Waals surface area contributed by atoms with Gasteiger partial charge in [0, 0.05) is 38.3 Å². The number of hydrogen-bond acceptors (Lipinski definition) is 5. The summed E-state index contributed by atoms with van der Waals surface area (Å²) in [5, 5.41) is 6.83. The maximum absolute atomic E-state index is 5.40. The molecule has 1 fully saturated rings. The lowest BCUT2D eigenvalue weighted by Crippen LogP contribution is -2.23. The Morgan fingerprint density at radius 1 is 1.10 bits per heavy atom. The first kappa shape index (κ1) is 15.0. The van der Waals surface area contributed by atoms with Gasteiger partial charge in [0.2, 0.25) is 0 Å². The Morgan fingerprint density at radius 2 is 1.75 bits per heavy atom. The first-order chi connectivity index (χ1) is 9.74. The van der Waals surface area contributed by atoms with Crippen molar-refractivity contribution in [3.05, 3.63) is 11.4 Å². The Labute approximate surface area is 121 Å². The summed E-state index contributed by atoms with van der Waals surface area (Å²) in [6, 6.07) is 0. The SMILES string of the molecule is CCNc1nc(CC)nc(NCC2CCOCC2)c1C. The first-order valence-corrected chi connectivity index (χ1v) is 7.67. The van der Waals surface area contributed by atoms with Crippen LogP contribution in [0.2, 0.25) is 0 Å². The van der Waals surface area contributed by atoms with Crippen molar-refractivity contribution in [2.45, 2.75) is 40.0 Å². The van der Waals surface area contributed by atoms with Gasteiger partial charge in [-0.2, -0.15) is 0 Å². The van der Waals surface area contributed by atoms with Crippen molar-refractivity contribution in [3.8, 4) is 0 Å². The zero-order chi connectivity index (χ0) is 14.4. The van der Waals surface area contributed by atoms with Gasteiger partial charge in [-0.1, -0.05) is 6.92 Å². The zero-order valence-corrected chi connectivity index (χ0v) is 12.8. The maximum atomic E-state index is 5.40. The van der Waals surface area contributed by atoms with E-state index in [0.717, 1.165) is 68.6 Å². The molecule has 20 heavy (non-hydrogen) atoms. The first-order valence-electron chi connectivity index (χ1n) is 7.67. The summed E-state index contributed by atoms with van der Waals surface area (Å²) in [6.07, 6.45) is 3.13. The van der Waals surface area contributed by atoms with E-state index >= 15 is 0 Å². The molecule has 112 valence electrons. The molecule has 5 nitrogen and oxygen atoms in total. The van der Waals surface area contributed by atoms with Gasteiger partial charge in [-0.15, -0.1) is 0 Å². The summed E-state index contributed by atoms with van der Waals surface area (Å²) in [5.74, 6) is 3.50. The predicted octanol–water partition coefficient (Wildman–Crippen LogP) is 2.62. The summed E-state index contributed by atoms with van der Waals surface area (Å²) in [6.45, 7) is 9.86. The predicted molar refractivity (Wildman–Crippen MR) is 82.3 cm³/mol. The molecule has 0 aliphatic carbocycles. The highest BCUT2D eigenvalue weighted by Crippen LogP contribution is 2.22. The standard InChI is InChI=1S/C15H26N4O/c1-4-13-18-14(16-5-2)11(3)15(19-13)17-10-12-6-8-20-9-7-12/h12H,4-10H2,1-3H3,(H2,16,17,18,19). The second-order valence-electron chi connectivity index (χ2n) is 5.28. The van der Waals surface area contributed by atoms with Gasteiger partial charge in [0.25, 0.3) is 0 Å². The van der Waals surface area contributed by atoms with Gasteiger partial charge in [-0.05, 0) is 32.6 Å². The van der Waals surface area contributed by atoms with Crippen LogP contribution in [0.15, 0.2) is 0 Å². The average molecular weight is 278 g/mol. The van der Waals surface area contributed by atoms with Gasteiger partial charge < -0.3 is 15.4 Å². The van der Waals surface area contributed by atoms with Gasteiger partial charge in [0.15, 0.2) is 0 Å². The smallest absolute Gasteiger partial charge is 0.134 e. The Kier molecular flexibility index (Phi) is 5.59. The van der Waals surface area contributed by atoms with Crippen molar-refractivity contribution in [2.75, 3.05) is 36.9 Å². The molecule has 0 saturated carbocycles. The van der Waals surface area contributed by atoms with E-state index in [1.807, 2.05) is 0 Å². The van der Waals surface area contributed by atoms with Crippen LogP contribution in [0.25, 0.3) is 0 Å². The number of anilines is 2. The lowest BCUT2D eigenvalue weighted by Gasteiger charge is -2.23. The van der Waals surface area contributed by atoms with Crippen molar-refractivity contribution >= 4 is 11.6 Å². The number of aromatic nitrogens is 2. The minimum atomic E-state index is 0.686. The topological polar surface area (TPSA) is 59.1 Å². The Morgan fingerprint density at radius 3 is 2.35 bits per heavy atom. The molecular weight excluding hydrogens is 252 g/mol. The van der Waals surface area contributed by atoms with Gasteiger partial charge in [-0.3, -0.25) is 0 Å². The second kappa shape index (κ2) is 7.43. The molecule has 0 spiro atoms. The minimum absolute atomic E-state index is 0.686. The molecule has 1 aliphatic heterocycles. The van der Waals surface area contributed by atoms with Crippen LogP contribution >= 0.6 is 0 Å². The Hall–Kier alpha value is -1.36. The summed E-state index contributed by atoms with van der Waals surface area (Å²) in [7, 11) is 0. The fourth-order valence-electron chi connectivity index (χ4n) is 2.42. The Balaban J connectivity index is 2.06.